The van der Waals surface area contributed by atoms with Crippen LogP contribution in [-0.4, -0.2) is 14.3 Å². The van der Waals surface area contributed by atoms with E-state index in [1.54, 1.807) is 12.1 Å². The van der Waals surface area contributed by atoms with E-state index in [2.05, 4.69) is 32.6 Å². The number of aryl methyl sites for hydroxylation is 1. The molecule has 27 heavy (non-hydrogen) atoms. The molecule has 0 fully saturated rings. The molecule has 3 rings (SSSR count). The minimum atomic E-state index is -3.69. The Morgan fingerprint density at radius 3 is 2.48 bits per heavy atom. The monoisotopic (exact) mass is 496 g/mol. The minimum absolute atomic E-state index is 0.0592. The fourth-order valence-corrected chi connectivity index (χ4v) is 3.83. The van der Waals surface area contributed by atoms with Gasteiger partial charge in [0.15, 0.2) is 0 Å². The summed E-state index contributed by atoms with van der Waals surface area (Å²) in [5.74, 6) is 0.212. The number of halogens is 1. The predicted octanol–water partition coefficient (Wildman–Crippen LogP) is 3.92. The molecule has 1 aromatic heterocycles. The molecule has 2 N–H and O–H groups in total. The van der Waals surface area contributed by atoms with Gasteiger partial charge in [0.1, 0.15) is 5.76 Å². The molecule has 0 aliphatic carbocycles. The molecule has 1 heterocycles. The summed E-state index contributed by atoms with van der Waals surface area (Å²) < 4.78 is 33.2. The van der Waals surface area contributed by atoms with Gasteiger partial charge in [-0.2, -0.15) is 0 Å². The van der Waals surface area contributed by atoms with E-state index in [0.717, 1.165) is 9.13 Å². The van der Waals surface area contributed by atoms with Crippen LogP contribution < -0.4 is 10.0 Å². The number of rotatable bonds is 6. The highest BCUT2D eigenvalue weighted by Gasteiger charge is 2.15. The first kappa shape index (κ1) is 19.6. The molecule has 6 nitrogen and oxygen atoms in total. The van der Waals surface area contributed by atoms with Crippen LogP contribution in [0.4, 0.5) is 5.69 Å². The Morgan fingerprint density at radius 2 is 1.85 bits per heavy atom. The van der Waals surface area contributed by atoms with E-state index in [4.69, 9.17) is 4.42 Å². The Labute approximate surface area is 171 Å². The second kappa shape index (κ2) is 8.24. The molecule has 0 saturated carbocycles. The van der Waals surface area contributed by atoms with Gasteiger partial charge in [-0.1, -0.05) is 6.07 Å². The van der Waals surface area contributed by atoms with E-state index < -0.39 is 10.0 Å². The van der Waals surface area contributed by atoms with Crippen molar-refractivity contribution in [3.8, 4) is 0 Å². The molecule has 0 aliphatic heterocycles. The quantitative estimate of drug-likeness (QED) is 0.507. The number of furan rings is 1. The van der Waals surface area contributed by atoms with E-state index in [1.165, 1.54) is 30.5 Å². The standard InChI is InChI=1S/C19H17IN2O4S/c1-13-4-7-15(11-18(13)20)22-19(23)14-5-8-17(9-6-14)27(24,25)21-12-16-3-2-10-26-16/h2-11,21H,12H2,1H3,(H,22,23). The largest absolute Gasteiger partial charge is 0.468 e. The van der Waals surface area contributed by atoms with Crippen LogP contribution in [0.1, 0.15) is 21.7 Å². The number of nitrogens with one attached hydrogen (secondary N) is 2. The number of hydrogen-bond donors (Lipinski definition) is 2. The van der Waals surface area contributed by atoms with Gasteiger partial charge in [-0.3, -0.25) is 4.79 Å². The maximum atomic E-state index is 12.4. The highest BCUT2D eigenvalue weighted by Crippen LogP contribution is 2.18. The third-order valence-electron chi connectivity index (χ3n) is 3.87. The van der Waals surface area contributed by atoms with Crippen molar-refractivity contribution >= 4 is 44.2 Å². The second-order valence-corrected chi connectivity index (χ2v) is 8.78. The van der Waals surface area contributed by atoms with Crippen LogP contribution in [0.5, 0.6) is 0 Å². The minimum Gasteiger partial charge on any atom is -0.468 e. The number of carbonyl (C=O) groups excluding carboxylic acids is 1. The SMILES string of the molecule is Cc1ccc(NC(=O)c2ccc(S(=O)(=O)NCc3ccco3)cc2)cc1I. The molecule has 0 saturated heterocycles. The molecule has 0 unspecified atom stereocenters. The van der Waals surface area contributed by atoms with Crippen LogP contribution in [-0.2, 0) is 16.6 Å². The highest BCUT2D eigenvalue weighted by atomic mass is 127. The summed E-state index contributed by atoms with van der Waals surface area (Å²) in [4.78, 5) is 12.4. The number of amides is 1. The first-order chi connectivity index (χ1) is 12.8. The molecular formula is C19H17IN2O4S. The zero-order chi connectivity index (χ0) is 19.4. The molecule has 0 bridgehead atoms. The van der Waals surface area contributed by atoms with Crippen molar-refractivity contribution in [3.05, 3.63) is 81.3 Å². The molecule has 1 amide bonds. The number of hydrogen-bond acceptors (Lipinski definition) is 4. The van der Waals surface area contributed by atoms with E-state index in [9.17, 15) is 13.2 Å². The fourth-order valence-electron chi connectivity index (χ4n) is 2.32. The zero-order valence-corrected chi connectivity index (χ0v) is 17.4. The third kappa shape index (κ3) is 4.96. The molecule has 8 heteroatoms. The van der Waals surface area contributed by atoms with Crippen molar-refractivity contribution < 1.29 is 17.6 Å². The Bertz CT molecular complexity index is 1050. The summed E-state index contributed by atoms with van der Waals surface area (Å²) in [5.41, 5.74) is 2.19. The van der Waals surface area contributed by atoms with Crippen molar-refractivity contribution in [2.24, 2.45) is 0 Å². The highest BCUT2D eigenvalue weighted by molar-refractivity contribution is 14.1. The van der Waals surface area contributed by atoms with Gasteiger partial charge in [0.25, 0.3) is 5.91 Å². The van der Waals surface area contributed by atoms with Gasteiger partial charge in [-0.05, 0) is 83.6 Å². The van der Waals surface area contributed by atoms with Crippen molar-refractivity contribution in [2.75, 3.05) is 5.32 Å². The van der Waals surface area contributed by atoms with E-state index in [1.807, 2.05) is 25.1 Å². The average Bonchev–Trinajstić information content (AvgIpc) is 3.17. The van der Waals surface area contributed by atoms with Crippen LogP contribution >= 0.6 is 22.6 Å². The molecule has 0 aliphatic rings. The van der Waals surface area contributed by atoms with Gasteiger partial charge in [0.2, 0.25) is 10.0 Å². The Balaban J connectivity index is 1.68. The van der Waals surface area contributed by atoms with Crippen LogP contribution in [0.2, 0.25) is 0 Å². The lowest BCUT2D eigenvalue weighted by molar-refractivity contribution is 0.102. The Hall–Kier alpha value is -2.17. The van der Waals surface area contributed by atoms with E-state index in [0.29, 0.717) is 17.0 Å². The summed E-state index contributed by atoms with van der Waals surface area (Å²) >= 11 is 2.20. The maximum Gasteiger partial charge on any atom is 0.255 e. The normalized spacial score (nSPS) is 11.3. The van der Waals surface area contributed by atoms with Gasteiger partial charge >= 0.3 is 0 Å². The van der Waals surface area contributed by atoms with Crippen LogP contribution in [0.25, 0.3) is 0 Å². The van der Waals surface area contributed by atoms with E-state index in [-0.39, 0.29) is 17.3 Å². The summed E-state index contributed by atoms with van der Waals surface area (Å²) in [6, 6.07) is 14.8. The van der Waals surface area contributed by atoms with Crippen molar-refractivity contribution in [1.29, 1.82) is 0 Å². The smallest absolute Gasteiger partial charge is 0.255 e. The van der Waals surface area contributed by atoms with Crippen molar-refractivity contribution in [1.82, 2.24) is 4.72 Å². The van der Waals surface area contributed by atoms with Gasteiger partial charge in [0.05, 0.1) is 17.7 Å². The number of sulfonamides is 1. The van der Waals surface area contributed by atoms with Crippen LogP contribution in [0, 0.1) is 10.5 Å². The van der Waals surface area contributed by atoms with Crippen LogP contribution in [0.3, 0.4) is 0 Å². The molecule has 0 atom stereocenters. The number of anilines is 1. The summed E-state index contributed by atoms with van der Waals surface area (Å²) in [7, 11) is -3.69. The maximum absolute atomic E-state index is 12.4. The first-order valence-corrected chi connectivity index (χ1v) is 10.6. The summed E-state index contributed by atoms with van der Waals surface area (Å²) in [6.45, 7) is 2.05. The fraction of sp³-hybridized carbons (Fsp3) is 0.105. The second-order valence-electron chi connectivity index (χ2n) is 5.85. The van der Waals surface area contributed by atoms with Crippen molar-refractivity contribution in [3.63, 3.8) is 0 Å². The molecule has 2 aromatic carbocycles. The lowest BCUT2D eigenvalue weighted by atomic mass is 10.2. The van der Waals surface area contributed by atoms with Gasteiger partial charge in [-0.25, -0.2) is 13.1 Å². The third-order valence-corrected chi connectivity index (χ3v) is 6.45. The van der Waals surface area contributed by atoms with Gasteiger partial charge < -0.3 is 9.73 Å². The van der Waals surface area contributed by atoms with E-state index >= 15 is 0 Å². The predicted molar refractivity (Wildman–Crippen MR) is 111 cm³/mol. The van der Waals surface area contributed by atoms with Gasteiger partial charge in [0, 0.05) is 14.8 Å². The lowest BCUT2D eigenvalue weighted by Crippen LogP contribution is -2.23. The topological polar surface area (TPSA) is 88.4 Å². The zero-order valence-electron chi connectivity index (χ0n) is 14.4. The van der Waals surface area contributed by atoms with Crippen molar-refractivity contribution in [2.45, 2.75) is 18.4 Å². The first-order valence-electron chi connectivity index (χ1n) is 8.05. The molecule has 140 valence electrons. The van der Waals surface area contributed by atoms with Crippen LogP contribution in [0.15, 0.2) is 70.2 Å². The number of carbonyl (C=O) groups is 1. The summed E-state index contributed by atoms with van der Waals surface area (Å²) in [6.07, 6.45) is 1.48. The number of benzene rings is 2. The molecule has 0 spiro atoms. The average molecular weight is 496 g/mol. The molecule has 3 aromatic rings. The molecule has 0 radical (unpaired) electrons. The Morgan fingerprint density at radius 1 is 1.11 bits per heavy atom. The lowest BCUT2D eigenvalue weighted by Gasteiger charge is -2.09. The molecular weight excluding hydrogens is 479 g/mol. The summed E-state index contributed by atoms with van der Waals surface area (Å²) in [5, 5.41) is 2.81. The Kier molecular flexibility index (Phi) is 5.98. The van der Waals surface area contributed by atoms with Gasteiger partial charge in [-0.15, -0.1) is 0 Å².